The van der Waals surface area contributed by atoms with Crippen LogP contribution in [0.25, 0.3) is 37.6 Å². The maximum atomic E-state index is 5.45. The molecule has 2 N–H and O–H groups in total. The van der Waals surface area contributed by atoms with E-state index >= 15 is 0 Å². The number of methoxy groups -OCH3 is 1. The minimum absolute atomic E-state index is 0.783. The first kappa shape index (κ1) is 17.5. The Morgan fingerprint density at radius 1 is 1.33 bits per heavy atom. The fourth-order valence-corrected chi connectivity index (χ4v) is 4.15. The number of rotatable bonds is 6. The van der Waals surface area contributed by atoms with E-state index in [2.05, 4.69) is 40.2 Å². The molecule has 0 saturated heterocycles. The summed E-state index contributed by atoms with van der Waals surface area (Å²) in [5.74, 6) is 0.827. The van der Waals surface area contributed by atoms with Gasteiger partial charge in [-0.25, -0.2) is 9.97 Å². The van der Waals surface area contributed by atoms with Gasteiger partial charge in [-0.2, -0.15) is 0 Å². The van der Waals surface area contributed by atoms with E-state index in [0.717, 1.165) is 61.9 Å². The lowest BCUT2D eigenvalue weighted by Crippen LogP contribution is -2.10. The van der Waals surface area contributed by atoms with Crippen molar-refractivity contribution in [3.8, 4) is 16.3 Å². The second-order valence-electron chi connectivity index (χ2n) is 6.05. The van der Waals surface area contributed by atoms with Crippen LogP contribution in [-0.4, -0.2) is 33.6 Å². The number of H-pyrrole nitrogens is 1. The van der Waals surface area contributed by atoms with Crippen LogP contribution < -0.4 is 10.1 Å². The molecule has 0 unspecified atom stereocenters. The largest absolute Gasteiger partial charge is 0.495 e. The molecule has 0 aliphatic heterocycles. The highest BCUT2D eigenvalue weighted by Gasteiger charge is 2.15. The topological polar surface area (TPSA) is 75.7 Å². The van der Waals surface area contributed by atoms with Crippen molar-refractivity contribution in [2.24, 2.45) is 0 Å². The molecule has 4 aromatic rings. The third kappa shape index (κ3) is 3.14. The Morgan fingerprint density at radius 2 is 2.22 bits per heavy atom. The maximum Gasteiger partial charge on any atom is 0.156 e. The van der Waals surface area contributed by atoms with Gasteiger partial charge in [0.05, 0.1) is 34.1 Å². The number of nitrogens with zero attached hydrogens (tertiary/aromatic N) is 3. The number of nitrogens with one attached hydrogen (secondary N) is 2. The van der Waals surface area contributed by atoms with Crippen molar-refractivity contribution in [1.82, 2.24) is 25.3 Å². The Bertz CT molecular complexity index is 1130. The van der Waals surface area contributed by atoms with Crippen molar-refractivity contribution in [3.05, 3.63) is 42.4 Å². The molecule has 138 valence electrons. The predicted molar refractivity (Wildman–Crippen MR) is 111 cm³/mol. The molecule has 7 heteroatoms. The molecule has 0 aliphatic rings. The highest BCUT2D eigenvalue weighted by atomic mass is 32.1. The fourth-order valence-electron chi connectivity index (χ4n) is 3.09. The van der Waals surface area contributed by atoms with Gasteiger partial charge in [0, 0.05) is 30.2 Å². The van der Waals surface area contributed by atoms with Gasteiger partial charge >= 0.3 is 0 Å². The van der Waals surface area contributed by atoms with Crippen LogP contribution in [0.4, 0.5) is 0 Å². The third-order valence-corrected chi connectivity index (χ3v) is 5.46. The molecule has 0 saturated carbocycles. The smallest absolute Gasteiger partial charge is 0.156 e. The summed E-state index contributed by atoms with van der Waals surface area (Å²) in [6, 6.07) is 3.91. The van der Waals surface area contributed by atoms with Crippen LogP contribution in [0, 0.1) is 0 Å². The Morgan fingerprint density at radius 3 is 3.00 bits per heavy atom. The number of hydrogen-bond acceptors (Lipinski definition) is 6. The normalized spacial score (nSPS) is 12.0. The lowest BCUT2D eigenvalue weighted by atomic mass is 10.2. The molecular formula is C20H21N5OS. The monoisotopic (exact) mass is 379 g/mol. The van der Waals surface area contributed by atoms with Gasteiger partial charge in [0.15, 0.2) is 5.65 Å². The second-order valence-corrected chi connectivity index (χ2v) is 7.10. The Kier molecular flexibility index (Phi) is 4.77. The standard InChI is InChI=1S/C20H21N5OS/c1-4-6-13(21-5-2)12-10-23-20-18(12)25-15(11-24-20)17-9-14-19(27-17)16(26-3)7-8-22-14/h6-11,21H,4-5H2,1-3H3,(H,23,24)/b13-6+. The zero-order valence-corrected chi connectivity index (χ0v) is 16.4. The lowest BCUT2D eigenvalue weighted by Gasteiger charge is -2.07. The van der Waals surface area contributed by atoms with Gasteiger partial charge in [0.25, 0.3) is 0 Å². The average molecular weight is 379 g/mol. The van der Waals surface area contributed by atoms with Crippen molar-refractivity contribution < 1.29 is 4.74 Å². The molecular weight excluding hydrogens is 358 g/mol. The van der Waals surface area contributed by atoms with Gasteiger partial charge in [-0.3, -0.25) is 4.98 Å². The molecule has 0 radical (unpaired) electrons. The van der Waals surface area contributed by atoms with Crippen molar-refractivity contribution in [1.29, 1.82) is 0 Å². The third-order valence-electron chi connectivity index (χ3n) is 4.29. The summed E-state index contributed by atoms with van der Waals surface area (Å²) in [5.41, 5.74) is 5.51. The quantitative estimate of drug-likeness (QED) is 0.512. The van der Waals surface area contributed by atoms with Crippen LogP contribution in [0.5, 0.6) is 5.75 Å². The molecule has 0 bridgehead atoms. The summed E-state index contributed by atoms with van der Waals surface area (Å²) in [6.07, 6.45) is 8.65. The highest BCUT2D eigenvalue weighted by molar-refractivity contribution is 7.22. The van der Waals surface area contributed by atoms with Crippen molar-refractivity contribution in [2.75, 3.05) is 13.7 Å². The summed E-state index contributed by atoms with van der Waals surface area (Å²) < 4.78 is 6.47. The fraction of sp³-hybridized carbons (Fsp3) is 0.250. The number of aromatic nitrogens is 4. The average Bonchev–Trinajstić information content (AvgIpc) is 3.31. The van der Waals surface area contributed by atoms with Gasteiger partial charge in [-0.15, -0.1) is 11.3 Å². The molecule has 0 amide bonds. The number of thiophene rings is 1. The van der Waals surface area contributed by atoms with E-state index in [1.54, 1.807) is 30.8 Å². The van der Waals surface area contributed by atoms with Crippen LogP contribution in [0.2, 0.25) is 0 Å². The van der Waals surface area contributed by atoms with Crippen LogP contribution in [0.15, 0.2) is 36.8 Å². The van der Waals surface area contributed by atoms with Gasteiger partial charge in [0.1, 0.15) is 11.3 Å². The number of allylic oxidation sites excluding steroid dienone is 1. The Labute approximate surface area is 161 Å². The Hall–Kier alpha value is -2.93. The Balaban J connectivity index is 1.84. The van der Waals surface area contributed by atoms with Crippen LogP contribution in [-0.2, 0) is 0 Å². The summed E-state index contributed by atoms with van der Waals surface area (Å²) in [7, 11) is 1.68. The molecule has 4 rings (SSSR count). The molecule has 4 aromatic heterocycles. The molecule has 4 heterocycles. The SMILES string of the molecule is CC/C=C(/NCC)c1c[nH]c2ncc(-c3cc4nccc(OC)c4s3)nc12. The van der Waals surface area contributed by atoms with E-state index in [1.165, 1.54) is 0 Å². The van der Waals surface area contributed by atoms with E-state index in [0.29, 0.717) is 0 Å². The first-order valence-corrected chi connectivity index (χ1v) is 9.78. The van der Waals surface area contributed by atoms with Crippen LogP contribution >= 0.6 is 11.3 Å². The summed E-state index contributed by atoms with van der Waals surface area (Å²) in [6.45, 7) is 5.07. The molecule has 0 spiro atoms. The number of fused-ring (bicyclic) bond motifs is 2. The van der Waals surface area contributed by atoms with E-state index in [-0.39, 0.29) is 0 Å². The first-order chi connectivity index (χ1) is 13.2. The van der Waals surface area contributed by atoms with Crippen molar-refractivity contribution in [3.63, 3.8) is 0 Å². The highest BCUT2D eigenvalue weighted by Crippen LogP contribution is 2.37. The van der Waals surface area contributed by atoms with E-state index in [4.69, 9.17) is 9.72 Å². The minimum atomic E-state index is 0.783. The molecule has 6 nitrogen and oxygen atoms in total. The first-order valence-electron chi connectivity index (χ1n) is 8.96. The van der Waals surface area contributed by atoms with Gasteiger partial charge in [-0.1, -0.05) is 13.0 Å². The van der Waals surface area contributed by atoms with Crippen LogP contribution in [0.3, 0.4) is 0 Å². The molecule has 0 atom stereocenters. The molecule has 0 aliphatic carbocycles. The molecule has 27 heavy (non-hydrogen) atoms. The lowest BCUT2D eigenvalue weighted by molar-refractivity contribution is 0.420. The van der Waals surface area contributed by atoms with E-state index < -0.39 is 0 Å². The zero-order chi connectivity index (χ0) is 18.8. The number of pyridine rings is 1. The van der Waals surface area contributed by atoms with Gasteiger partial charge < -0.3 is 15.0 Å². The van der Waals surface area contributed by atoms with Crippen molar-refractivity contribution >= 4 is 38.4 Å². The minimum Gasteiger partial charge on any atom is -0.495 e. The molecule has 0 fully saturated rings. The second kappa shape index (κ2) is 7.36. The number of hydrogen-bond donors (Lipinski definition) is 2. The molecule has 0 aromatic carbocycles. The predicted octanol–water partition coefficient (Wildman–Crippen LogP) is 4.60. The maximum absolute atomic E-state index is 5.45. The summed E-state index contributed by atoms with van der Waals surface area (Å²) >= 11 is 1.62. The number of ether oxygens (including phenoxy) is 1. The van der Waals surface area contributed by atoms with Crippen LogP contribution in [0.1, 0.15) is 25.8 Å². The van der Waals surface area contributed by atoms with Gasteiger partial charge in [-0.05, 0) is 25.5 Å². The van der Waals surface area contributed by atoms with E-state index in [1.807, 2.05) is 18.3 Å². The zero-order valence-electron chi connectivity index (χ0n) is 15.5. The van der Waals surface area contributed by atoms with E-state index in [9.17, 15) is 0 Å². The number of aromatic amines is 1. The summed E-state index contributed by atoms with van der Waals surface area (Å²) in [4.78, 5) is 18.2. The summed E-state index contributed by atoms with van der Waals surface area (Å²) in [5, 5.41) is 3.42. The van der Waals surface area contributed by atoms with Gasteiger partial charge in [0.2, 0.25) is 0 Å². The van der Waals surface area contributed by atoms with Crippen molar-refractivity contribution in [2.45, 2.75) is 20.3 Å².